The van der Waals surface area contributed by atoms with Gasteiger partial charge in [-0.25, -0.2) is 0 Å². The maximum atomic E-state index is 13.4. The fourth-order valence-electron chi connectivity index (χ4n) is 5.56. The summed E-state index contributed by atoms with van der Waals surface area (Å²) in [5.74, 6) is -2.43. The second-order valence-electron chi connectivity index (χ2n) is 12.3. The molecule has 12 heteroatoms. The third kappa shape index (κ3) is 11.5. The molecular formula is C39H42N6O6. The molecule has 0 radical (unpaired) electrons. The number of nitrogens with one attached hydrogen (secondary N) is 5. The van der Waals surface area contributed by atoms with Crippen molar-refractivity contribution >= 4 is 29.5 Å². The molecule has 2 aliphatic rings. The molecule has 0 aliphatic carbocycles. The Bertz CT molecular complexity index is 1780. The lowest BCUT2D eigenvalue weighted by molar-refractivity contribution is -0.132. The largest absolute Gasteiger partial charge is 0.484 e. The molecule has 51 heavy (non-hydrogen) atoms. The van der Waals surface area contributed by atoms with Crippen LogP contribution in [0.4, 0.5) is 0 Å². The average molecular weight is 691 g/mol. The highest BCUT2D eigenvalue weighted by Crippen LogP contribution is 2.20. The Labute approximate surface area is 296 Å². The fourth-order valence-corrected chi connectivity index (χ4v) is 5.56. The molecule has 6 rings (SSSR count). The van der Waals surface area contributed by atoms with Crippen LogP contribution in [-0.4, -0.2) is 67.5 Å². The Morgan fingerprint density at radius 3 is 2.06 bits per heavy atom. The molecule has 4 aromatic rings. The van der Waals surface area contributed by atoms with E-state index in [0.717, 1.165) is 22.3 Å². The number of nitrogens with two attached hydrogens (primary N) is 1. The van der Waals surface area contributed by atoms with E-state index in [9.17, 15) is 24.0 Å². The zero-order valence-corrected chi connectivity index (χ0v) is 28.1. The Morgan fingerprint density at radius 2 is 1.35 bits per heavy atom. The smallest absolute Gasteiger partial charge is 0.258 e. The van der Waals surface area contributed by atoms with Crippen LogP contribution in [0.3, 0.4) is 0 Å². The minimum Gasteiger partial charge on any atom is -0.484 e. The first-order valence-electron chi connectivity index (χ1n) is 16.8. The summed E-state index contributed by atoms with van der Waals surface area (Å²) in [6.45, 7) is -1.18. The van der Waals surface area contributed by atoms with Crippen LogP contribution in [0.1, 0.15) is 23.1 Å². The van der Waals surface area contributed by atoms with E-state index in [2.05, 4.69) is 26.6 Å². The van der Waals surface area contributed by atoms with Crippen molar-refractivity contribution in [2.24, 2.45) is 5.73 Å². The van der Waals surface area contributed by atoms with Gasteiger partial charge in [-0.2, -0.15) is 0 Å². The molecule has 264 valence electrons. The van der Waals surface area contributed by atoms with Gasteiger partial charge in [0.05, 0.1) is 19.3 Å². The van der Waals surface area contributed by atoms with Crippen LogP contribution in [0.25, 0.3) is 11.1 Å². The van der Waals surface area contributed by atoms with E-state index >= 15 is 0 Å². The van der Waals surface area contributed by atoms with Crippen molar-refractivity contribution in [3.63, 3.8) is 0 Å². The zero-order valence-electron chi connectivity index (χ0n) is 28.1. The van der Waals surface area contributed by atoms with Crippen LogP contribution >= 0.6 is 0 Å². The van der Waals surface area contributed by atoms with Crippen LogP contribution in [0.2, 0.25) is 0 Å². The standard InChI is InChI=1S/C39H42N6O6/c40-34(20-15-26-7-3-1-4-8-26)45-39(50)33-22-28-13-18-31(19-14-28)51-25-37(48)41-23-35(46)43-32(38(49)42-24-36(47)44-33)21-27-11-16-30(17-12-27)29-9-5-2-6-10-29/h1-14,16-19,32-34H,15,20-25,40H2,(H,41,48)(H,42,49)(H,43,46)(H,44,47)(H,45,50)/t32-,33+,34-/m1/s1. The molecule has 2 bridgehead atoms. The third-order valence-corrected chi connectivity index (χ3v) is 8.32. The van der Waals surface area contributed by atoms with Gasteiger partial charge >= 0.3 is 0 Å². The van der Waals surface area contributed by atoms with Crippen molar-refractivity contribution in [1.82, 2.24) is 26.6 Å². The van der Waals surface area contributed by atoms with Crippen molar-refractivity contribution in [3.8, 4) is 16.9 Å². The molecular weight excluding hydrogens is 648 g/mol. The fraction of sp³-hybridized carbons (Fsp3) is 0.256. The zero-order chi connectivity index (χ0) is 36.0. The van der Waals surface area contributed by atoms with Crippen LogP contribution in [0.15, 0.2) is 109 Å². The summed E-state index contributed by atoms with van der Waals surface area (Å²) in [5.41, 5.74) is 10.8. The van der Waals surface area contributed by atoms with Gasteiger partial charge in [0, 0.05) is 12.8 Å². The van der Waals surface area contributed by atoms with Gasteiger partial charge < -0.3 is 37.1 Å². The summed E-state index contributed by atoms with van der Waals surface area (Å²) in [4.78, 5) is 65.3. The van der Waals surface area contributed by atoms with E-state index < -0.39 is 54.3 Å². The van der Waals surface area contributed by atoms with Gasteiger partial charge in [-0.3, -0.25) is 24.0 Å². The van der Waals surface area contributed by atoms with Crippen molar-refractivity contribution < 1.29 is 28.7 Å². The second kappa shape index (κ2) is 18.1. The molecule has 0 saturated carbocycles. The van der Waals surface area contributed by atoms with E-state index in [4.69, 9.17) is 10.5 Å². The number of aryl methyl sites for hydroxylation is 1. The number of carbonyl (C=O) groups is 5. The summed E-state index contributed by atoms with van der Waals surface area (Å²) in [5, 5.41) is 13.3. The Hall–Kier alpha value is -6.01. The van der Waals surface area contributed by atoms with Crippen molar-refractivity contribution in [2.75, 3.05) is 19.7 Å². The van der Waals surface area contributed by atoms with E-state index in [1.165, 1.54) is 0 Å². The molecule has 0 aromatic heterocycles. The van der Waals surface area contributed by atoms with Crippen LogP contribution < -0.4 is 37.1 Å². The van der Waals surface area contributed by atoms with E-state index in [1.807, 2.05) is 84.9 Å². The summed E-state index contributed by atoms with van der Waals surface area (Å²) in [6.07, 6.45) is 0.702. The molecule has 0 spiro atoms. The number of hydrogen-bond acceptors (Lipinski definition) is 7. The summed E-state index contributed by atoms with van der Waals surface area (Å²) in [6, 6.07) is 31.8. The molecule has 0 fully saturated rings. The highest BCUT2D eigenvalue weighted by Gasteiger charge is 2.26. The maximum Gasteiger partial charge on any atom is 0.258 e. The first-order chi connectivity index (χ1) is 24.7. The van der Waals surface area contributed by atoms with Gasteiger partial charge in [-0.1, -0.05) is 97.1 Å². The van der Waals surface area contributed by atoms with Crippen molar-refractivity contribution in [2.45, 2.75) is 43.9 Å². The first kappa shape index (κ1) is 36.3. The molecule has 5 amide bonds. The summed E-state index contributed by atoms with van der Waals surface area (Å²) in [7, 11) is 0. The van der Waals surface area contributed by atoms with Crippen molar-refractivity contribution in [1.29, 1.82) is 0 Å². The third-order valence-electron chi connectivity index (χ3n) is 8.32. The van der Waals surface area contributed by atoms with Gasteiger partial charge in [-0.05, 0) is 52.8 Å². The molecule has 2 heterocycles. The average Bonchev–Trinajstić information content (AvgIpc) is 3.15. The summed E-state index contributed by atoms with van der Waals surface area (Å²) < 4.78 is 5.56. The number of carbonyl (C=O) groups excluding carboxylic acids is 5. The molecule has 3 atom stereocenters. The van der Waals surface area contributed by atoms with Gasteiger partial charge in [0.1, 0.15) is 17.8 Å². The van der Waals surface area contributed by atoms with Gasteiger partial charge in [0.15, 0.2) is 6.61 Å². The van der Waals surface area contributed by atoms with E-state index in [-0.39, 0.29) is 26.0 Å². The number of benzene rings is 4. The Balaban J connectivity index is 1.28. The number of ether oxygens (including phenoxy) is 1. The number of hydrogen-bond donors (Lipinski definition) is 6. The van der Waals surface area contributed by atoms with Gasteiger partial charge in [0.2, 0.25) is 23.6 Å². The highest BCUT2D eigenvalue weighted by atomic mass is 16.5. The molecule has 4 aromatic carbocycles. The lowest BCUT2D eigenvalue weighted by atomic mass is 10.00. The Kier molecular flexibility index (Phi) is 12.9. The minimum absolute atomic E-state index is 0.116. The molecule has 0 unspecified atom stereocenters. The number of fused-ring (bicyclic) bond motifs is 16. The summed E-state index contributed by atoms with van der Waals surface area (Å²) >= 11 is 0. The monoisotopic (exact) mass is 690 g/mol. The molecule has 2 aliphatic heterocycles. The second-order valence-corrected chi connectivity index (χ2v) is 12.3. The van der Waals surface area contributed by atoms with Crippen molar-refractivity contribution in [3.05, 3.63) is 126 Å². The molecule has 7 N–H and O–H groups in total. The van der Waals surface area contributed by atoms with Crippen LogP contribution in [0, 0.1) is 0 Å². The normalized spacial score (nSPS) is 18.0. The van der Waals surface area contributed by atoms with Crippen LogP contribution in [0.5, 0.6) is 5.75 Å². The Morgan fingerprint density at radius 1 is 0.725 bits per heavy atom. The van der Waals surface area contributed by atoms with Gasteiger partial charge in [0.25, 0.3) is 5.91 Å². The number of amides is 5. The lowest BCUT2D eigenvalue weighted by Crippen LogP contribution is -2.55. The topological polar surface area (TPSA) is 181 Å². The predicted molar refractivity (Wildman–Crippen MR) is 192 cm³/mol. The van der Waals surface area contributed by atoms with Crippen LogP contribution in [-0.2, 0) is 43.2 Å². The first-order valence-corrected chi connectivity index (χ1v) is 16.8. The minimum atomic E-state index is -1.07. The number of rotatable bonds is 8. The SMILES string of the molecule is N[C@@H](CCc1ccccc1)NC(=O)[C@@H]1Cc2ccc(cc2)OCC(=O)NCC(=O)N[C@H](Cc2ccc(-c3ccccc3)cc2)C(=O)NCC(=O)N1. The highest BCUT2D eigenvalue weighted by molar-refractivity contribution is 5.93. The maximum absolute atomic E-state index is 13.4. The molecule has 0 saturated heterocycles. The van der Waals surface area contributed by atoms with E-state index in [1.54, 1.807) is 24.3 Å². The molecule has 12 nitrogen and oxygen atoms in total. The predicted octanol–water partition coefficient (Wildman–Crippen LogP) is 1.77. The quantitative estimate of drug-likeness (QED) is 0.120. The van der Waals surface area contributed by atoms with Gasteiger partial charge in [-0.15, -0.1) is 0 Å². The lowest BCUT2D eigenvalue weighted by Gasteiger charge is -2.22. The van der Waals surface area contributed by atoms with E-state index in [0.29, 0.717) is 24.2 Å².